The molecule has 0 aliphatic rings. The average molecular weight is 339 g/mol. The quantitative estimate of drug-likeness (QED) is 0.906. The number of hydrogen-bond acceptors (Lipinski definition) is 4. The van der Waals surface area contributed by atoms with Crippen LogP contribution in [-0.2, 0) is 4.79 Å². The summed E-state index contributed by atoms with van der Waals surface area (Å²) in [5.41, 5.74) is 1.97. The number of benzene rings is 1. The van der Waals surface area contributed by atoms with Gasteiger partial charge in [-0.2, -0.15) is 0 Å². The number of carboxylic acid groups (broad SMARTS) is 1. The Morgan fingerprint density at radius 2 is 2.25 bits per heavy atom. The summed E-state index contributed by atoms with van der Waals surface area (Å²) in [6, 6.07) is 5.62. The van der Waals surface area contributed by atoms with Crippen LogP contribution in [0.25, 0.3) is 11.4 Å². The van der Waals surface area contributed by atoms with Gasteiger partial charge in [-0.3, -0.25) is 4.79 Å². The summed E-state index contributed by atoms with van der Waals surface area (Å²) >= 11 is 3.50. The number of hydrogen-bond donors (Lipinski definition) is 1. The minimum atomic E-state index is -0.860. The van der Waals surface area contributed by atoms with Gasteiger partial charge in [0, 0.05) is 10.0 Å². The van der Waals surface area contributed by atoms with E-state index in [4.69, 9.17) is 5.11 Å². The molecule has 2 rings (SSSR count). The summed E-state index contributed by atoms with van der Waals surface area (Å²) in [7, 11) is 0. The van der Waals surface area contributed by atoms with E-state index in [2.05, 4.69) is 31.5 Å². The first-order valence-electron chi connectivity index (χ1n) is 6.29. The summed E-state index contributed by atoms with van der Waals surface area (Å²) in [5, 5.41) is 20.6. The summed E-state index contributed by atoms with van der Waals surface area (Å²) in [6.45, 7) is 3.92. The van der Waals surface area contributed by atoms with Crippen LogP contribution in [0.4, 0.5) is 0 Å². The van der Waals surface area contributed by atoms with Crippen molar-refractivity contribution >= 4 is 21.9 Å². The van der Waals surface area contributed by atoms with Gasteiger partial charge >= 0.3 is 5.97 Å². The van der Waals surface area contributed by atoms with E-state index < -0.39 is 5.97 Å². The van der Waals surface area contributed by atoms with Crippen molar-refractivity contribution in [2.75, 3.05) is 0 Å². The first-order valence-corrected chi connectivity index (χ1v) is 7.08. The fourth-order valence-corrected chi connectivity index (χ4v) is 2.69. The number of aliphatic carboxylic acids is 1. The van der Waals surface area contributed by atoms with Gasteiger partial charge in [-0.05, 0) is 41.5 Å². The second-order valence-corrected chi connectivity index (χ2v) is 5.44. The number of aryl methyl sites for hydroxylation is 1. The Balaban J connectivity index is 2.43. The molecule has 1 atom stereocenters. The van der Waals surface area contributed by atoms with Crippen LogP contribution in [-0.4, -0.2) is 31.3 Å². The lowest BCUT2D eigenvalue weighted by Gasteiger charge is -2.15. The zero-order valence-corrected chi connectivity index (χ0v) is 12.8. The van der Waals surface area contributed by atoms with Crippen LogP contribution in [0.1, 0.15) is 31.4 Å². The molecule has 6 nitrogen and oxygen atoms in total. The van der Waals surface area contributed by atoms with E-state index in [0.717, 1.165) is 15.6 Å². The van der Waals surface area contributed by atoms with Crippen LogP contribution in [0.5, 0.6) is 0 Å². The van der Waals surface area contributed by atoms with Gasteiger partial charge in [0.1, 0.15) is 0 Å². The minimum absolute atomic E-state index is 0.00196. The minimum Gasteiger partial charge on any atom is -0.481 e. The maximum Gasteiger partial charge on any atom is 0.305 e. The summed E-state index contributed by atoms with van der Waals surface area (Å²) in [4.78, 5) is 10.9. The molecule has 2 aromatic rings. The highest BCUT2D eigenvalue weighted by Gasteiger charge is 2.20. The van der Waals surface area contributed by atoms with Crippen molar-refractivity contribution in [2.45, 2.75) is 32.7 Å². The largest absolute Gasteiger partial charge is 0.481 e. The predicted molar refractivity (Wildman–Crippen MR) is 77.3 cm³/mol. The van der Waals surface area contributed by atoms with E-state index in [1.807, 2.05) is 32.0 Å². The molecule has 0 aliphatic heterocycles. The Kier molecular flexibility index (Phi) is 4.49. The van der Waals surface area contributed by atoms with E-state index in [1.165, 1.54) is 0 Å². The molecule has 0 radical (unpaired) electrons. The molecule has 0 fully saturated rings. The van der Waals surface area contributed by atoms with Gasteiger partial charge in [-0.15, -0.1) is 5.10 Å². The molecule has 0 amide bonds. The van der Waals surface area contributed by atoms with E-state index >= 15 is 0 Å². The second kappa shape index (κ2) is 6.13. The molecular formula is C13H15BrN4O2. The molecule has 0 spiro atoms. The Labute approximate surface area is 124 Å². The van der Waals surface area contributed by atoms with Crippen LogP contribution in [0.3, 0.4) is 0 Å². The Morgan fingerprint density at radius 3 is 2.85 bits per heavy atom. The van der Waals surface area contributed by atoms with Crippen molar-refractivity contribution in [1.82, 2.24) is 20.2 Å². The average Bonchev–Trinajstić information content (AvgIpc) is 2.84. The molecule has 106 valence electrons. The smallest absolute Gasteiger partial charge is 0.305 e. The van der Waals surface area contributed by atoms with Crippen molar-refractivity contribution in [3.63, 3.8) is 0 Å². The lowest BCUT2D eigenvalue weighted by molar-refractivity contribution is -0.138. The van der Waals surface area contributed by atoms with Gasteiger partial charge in [0.2, 0.25) is 0 Å². The molecule has 1 unspecified atom stereocenters. The van der Waals surface area contributed by atoms with Crippen molar-refractivity contribution in [2.24, 2.45) is 0 Å². The maximum atomic E-state index is 10.9. The third-order valence-corrected chi connectivity index (χ3v) is 3.74. The highest BCUT2D eigenvalue weighted by molar-refractivity contribution is 9.10. The van der Waals surface area contributed by atoms with Gasteiger partial charge in [0.25, 0.3) is 0 Å². The predicted octanol–water partition coefficient (Wildman–Crippen LogP) is 2.84. The number of carbonyl (C=O) groups is 1. The third-order valence-electron chi connectivity index (χ3n) is 3.09. The standard InChI is InChI=1S/C13H15BrN4O2/c1-3-9(7-12(19)20)18-13(15-16-17-18)10-5-4-8(2)6-11(10)14/h4-6,9H,3,7H2,1-2H3,(H,19,20). The Morgan fingerprint density at radius 1 is 1.50 bits per heavy atom. The van der Waals surface area contributed by atoms with Crippen molar-refractivity contribution in [3.8, 4) is 11.4 Å². The van der Waals surface area contributed by atoms with Crippen molar-refractivity contribution in [3.05, 3.63) is 28.2 Å². The number of rotatable bonds is 5. The topological polar surface area (TPSA) is 80.9 Å². The number of aromatic nitrogens is 4. The van der Waals surface area contributed by atoms with E-state index in [9.17, 15) is 4.79 Å². The zero-order chi connectivity index (χ0) is 14.7. The van der Waals surface area contributed by atoms with Gasteiger partial charge < -0.3 is 5.11 Å². The third kappa shape index (κ3) is 3.04. The number of tetrazole rings is 1. The summed E-state index contributed by atoms with van der Waals surface area (Å²) in [5.74, 6) is -0.286. The van der Waals surface area contributed by atoms with Crippen LogP contribution in [0.15, 0.2) is 22.7 Å². The SMILES string of the molecule is CCC(CC(=O)O)n1nnnc1-c1ccc(C)cc1Br. The Bertz CT molecular complexity index is 627. The molecule has 20 heavy (non-hydrogen) atoms. The number of halogens is 1. The van der Waals surface area contributed by atoms with Gasteiger partial charge in [0.15, 0.2) is 5.82 Å². The molecular weight excluding hydrogens is 324 g/mol. The second-order valence-electron chi connectivity index (χ2n) is 4.59. The fraction of sp³-hybridized carbons (Fsp3) is 0.385. The van der Waals surface area contributed by atoms with Gasteiger partial charge in [-0.1, -0.05) is 28.9 Å². The van der Waals surface area contributed by atoms with E-state index in [0.29, 0.717) is 12.2 Å². The van der Waals surface area contributed by atoms with E-state index in [1.54, 1.807) is 4.68 Å². The fourth-order valence-electron chi connectivity index (χ4n) is 2.02. The normalized spacial score (nSPS) is 12.3. The highest BCUT2D eigenvalue weighted by atomic mass is 79.9. The van der Waals surface area contributed by atoms with Crippen molar-refractivity contribution in [1.29, 1.82) is 0 Å². The number of nitrogens with zero attached hydrogens (tertiary/aromatic N) is 4. The maximum absolute atomic E-state index is 10.9. The molecule has 0 saturated carbocycles. The first kappa shape index (κ1) is 14.6. The zero-order valence-electron chi connectivity index (χ0n) is 11.2. The molecule has 0 bridgehead atoms. The highest BCUT2D eigenvalue weighted by Crippen LogP contribution is 2.29. The molecule has 1 aromatic carbocycles. The molecule has 0 aliphatic carbocycles. The lowest BCUT2D eigenvalue weighted by Crippen LogP contribution is -2.15. The van der Waals surface area contributed by atoms with Crippen LogP contribution in [0, 0.1) is 6.92 Å². The van der Waals surface area contributed by atoms with Crippen LogP contribution < -0.4 is 0 Å². The molecule has 0 saturated heterocycles. The van der Waals surface area contributed by atoms with E-state index in [-0.39, 0.29) is 12.5 Å². The summed E-state index contributed by atoms with van der Waals surface area (Å²) < 4.78 is 2.47. The van der Waals surface area contributed by atoms with Crippen LogP contribution >= 0.6 is 15.9 Å². The monoisotopic (exact) mass is 338 g/mol. The van der Waals surface area contributed by atoms with Crippen molar-refractivity contribution < 1.29 is 9.90 Å². The Hall–Kier alpha value is -1.76. The number of carboxylic acids is 1. The first-order chi connectivity index (χ1) is 9.52. The molecule has 1 N–H and O–H groups in total. The molecule has 1 heterocycles. The lowest BCUT2D eigenvalue weighted by atomic mass is 10.1. The summed E-state index contributed by atoms with van der Waals surface area (Å²) in [6.07, 6.45) is 0.645. The molecule has 1 aromatic heterocycles. The van der Waals surface area contributed by atoms with Gasteiger partial charge in [0.05, 0.1) is 12.5 Å². The van der Waals surface area contributed by atoms with Gasteiger partial charge in [-0.25, -0.2) is 4.68 Å². The molecule has 7 heteroatoms. The van der Waals surface area contributed by atoms with Crippen LogP contribution in [0.2, 0.25) is 0 Å².